The van der Waals surface area contributed by atoms with Crippen molar-refractivity contribution in [1.82, 2.24) is 4.98 Å². The molecule has 0 unspecified atom stereocenters. The van der Waals surface area contributed by atoms with Crippen molar-refractivity contribution in [1.29, 1.82) is 0 Å². The van der Waals surface area contributed by atoms with Crippen molar-refractivity contribution in [2.45, 2.75) is 103 Å². The molecule has 0 bridgehead atoms. The number of benzene rings is 1. The first-order chi connectivity index (χ1) is 18.0. The molecule has 7 heteroatoms. The molecule has 208 valence electrons. The van der Waals surface area contributed by atoms with Gasteiger partial charge in [-0.05, 0) is 0 Å². The second-order valence-corrected chi connectivity index (χ2v) is 13.7. The van der Waals surface area contributed by atoms with Crippen molar-refractivity contribution in [2.75, 3.05) is 13.7 Å². The Morgan fingerprint density at radius 3 is 2.24 bits per heavy atom. The van der Waals surface area contributed by atoms with Crippen LogP contribution < -0.4 is 13.8 Å². The molecular formula is C31H43NO5Se. The number of aromatic carboxylic acids is 1. The molecule has 0 saturated heterocycles. The molecule has 1 aliphatic carbocycles. The van der Waals surface area contributed by atoms with E-state index in [1.165, 1.54) is 18.2 Å². The van der Waals surface area contributed by atoms with Gasteiger partial charge in [0, 0.05) is 0 Å². The first kappa shape index (κ1) is 30.2. The van der Waals surface area contributed by atoms with Crippen molar-refractivity contribution in [3.8, 4) is 5.75 Å². The zero-order chi connectivity index (χ0) is 27.9. The van der Waals surface area contributed by atoms with Crippen molar-refractivity contribution in [2.24, 2.45) is 0 Å². The number of unbranched alkanes of at least 4 members (excludes halogenated alkanes) is 4. The minimum atomic E-state index is -0.930. The van der Waals surface area contributed by atoms with Crippen molar-refractivity contribution in [3.05, 3.63) is 46.6 Å². The third-order valence-corrected chi connectivity index (χ3v) is 9.70. The van der Waals surface area contributed by atoms with E-state index in [0.717, 1.165) is 59.7 Å². The number of methoxy groups -OCH3 is 1. The maximum absolute atomic E-state index is 11.6. The predicted octanol–water partition coefficient (Wildman–Crippen LogP) is 5.24. The van der Waals surface area contributed by atoms with Crippen LogP contribution in [-0.4, -0.2) is 50.7 Å². The summed E-state index contributed by atoms with van der Waals surface area (Å²) in [6, 6.07) is 8.17. The average molecular weight is 589 g/mol. The summed E-state index contributed by atoms with van der Waals surface area (Å²) in [5, 5.41) is 9.51. The fourth-order valence-electron chi connectivity index (χ4n) is 5.07. The number of aromatic nitrogens is 1. The monoisotopic (exact) mass is 589 g/mol. The van der Waals surface area contributed by atoms with E-state index in [1.807, 2.05) is 13.0 Å². The fourth-order valence-corrected chi connectivity index (χ4v) is 6.98. The van der Waals surface area contributed by atoms with Crippen molar-refractivity contribution < 1.29 is 24.2 Å². The Bertz CT molecular complexity index is 1140. The summed E-state index contributed by atoms with van der Waals surface area (Å²) in [6.07, 6.45) is 8.32. The number of carbonyl (C=O) groups is 2. The molecule has 0 spiro atoms. The van der Waals surface area contributed by atoms with Gasteiger partial charge in [-0.15, -0.1) is 0 Å². The van der Waals surface area contributed by atoms with Gasteiger partial charge in [0.2, 0.25) is 0 Å². The van der Waals surface area contributed by atoms with Crippen molar-refractivity contribution in [3.63, 3.8) is 0 Å². The summed E-state index contributed by atoms with van der Waals surface area (Å²) in [5.74, 6) is -0.137. The van der Waals surface area contributed by atoms with Crippen LogP contribution in [0, 0.1) is 0 Å². The summed E-state index contributed by atoms with van der Waals surface area (Å²) in [4.78, 5) is 27.6. The van der Waals surface area contributed by atoms with Crippen LogP contribution in [0.25, 0.3) is 0 Å². The van der Waals surface area contributed by atoms with Crippen LogP contribution in [0.4, 0.5) is 0 Å². The summed E-state index contributed by atoms with van der Waals surface area (Å²) >= 11 is -0.114. The van der Waals surface area contributed by atoms with Crippen LogP contribution in [0.5, 0.6) is 5.75 Å². The van der Waals surface area contributed by atoms with Crippen LogP contribution in [-0.2, 0) is 26.8 Å². The number of hydrogen-bond donors (Lipinski definition) is 1. The molecular weight excluding hydrogens is 545 g/mol. The van der Waals surface area contributed by atoms with Gasteiger partial charge >= 0.3 is 227 Å². The number of carboxylic acids is 1. The Kier molecular flexibility index (Phi) is 10.4. The van der Waals surface area contributed by atoms with Gasteiger partial charge in [-0.1, -0.05) is 0 Å². The van der Waals surface area contributed by atoms with Crippen LogP contribution in [0.1, 0.15) is 113 Å². The van der Waals surface area contributed by atoms with Gasteiger partial charge in [0.05, 0.1) is 7.11 Å². The van der Waals surface area contributed by atoms with E-state index in [4.69, 9.17) is 14.5 Å². The standard InChI is InChI=1S/C31H43NO5Se/c1-7-24-21(29(34)35)14-15-27(32-24)38-26-20-23-22(30(2,3)16-17-31(23,4)5)19-25(26)37-18-12-10-8-9-11-13-28(33)36-6/h14-15,19-20H,7-13,16-18H2,1-6H3,(H,34,35). The van der Waals surface area contributed by atoms with Crippen LogP contribution in [0.15, 0.2) is 24.3 Å². The average Bonchev–Trinajstić information content (AvgIpc) is 2.88. The first-order valence-electron chi connectivity index (χ1n) is 13.8. The molecule has 1 aliphatic rings. The van der Waals surface area contributed by atoms with Gasteiger partial charge in [-0.3, -0.25) is 0 Å². The van der Waals surface area contributed by atoms with Gasteiger partial charge in [0.15, 0.2) is 0 Å². The Balaban J connectivity index is 1.80. The maximum atomic E-state index is 11.6. The van der Waals surface area contributed by atoms with E-state index in [-0.39, 0.29) is 37.3 Å². The molecule has 1 aromatic heterocycles. The van der Waals surface area contributed by atoms with Gasteiger partial charge in [0.1, 0.15) is 0 Å². The molecule has 1 N–H and O–H groups in total. The topological polar surface area (TPSA) is 85.7 Å². The second-order valence-electron chi connectivity index (χ2n) is 11.5. The van der Waals surface area contributed by atoms with E-state index in [0.29, 0.717) is 25.1 Å². The number of rotatable bonds is 13. The quantitative estimate of drug-likeness (QED) is 0.196. The fraction of sp³-hybridized carbons (Fsp3) is 0.581. The predicted molar refractivity (Wildman–Crippen MR) is 153 cm³/mol. The first-order valence-corrected chi connectivity index (χ1v) is 15.5. The second kappa shape index (κ2) is 13.1. The van der Waals surface area contributed by atoms with Crippen LogP contribution in [0.3, 0.4) is 0 Å². The molecule has 2 aromatic rings. The molecule has 6 nitrogen and oxygen atoms in total. The van der Waals surface area contributed by atoms with E-state index in [9.17, 15) is 14.7 Å². The molecule has 0 radical (unpaired) electrons. The number of esters is 1. The number of pyridine rings is 1. The molecule has 3 rings (SSSR count). The number of carbonyl (C=O) groups excluding carboxylic acids is 1. The number of aryl methyl sites for hydroxylation is 1. The van der Waals surface area contributed by atoms with Gasteiger partial charge < -0.3 is 0 Å². The molecule has 0 aliphatic heterocycles. The molecule has 1 aromatic carbocycles. The van der Waals surface area contributed by atoms with Gasteiger partial charge in [0.25, 0.3) is 0 Å². The number of nitrogens with zero attached hydrogens (tertiary/aromatic N) is 1. The third kappa shape index (κ3) is 7.60. The van der Waals surface area contributed by atoms with Gasteiger partial charge in [-0.25, -0.2) is 0 Å². The van der Waals surface area contributed by atoms with Gasteiger partial charge in [-0.2, -0.15) is 0 Å². The number of hydrogen-bond acceptors (Lipinski definition) is 5. The Labute approximate surface area is 234 Å². The molecule has 0 fully saturated rings. The van der Waals surface area contributed by atoms with Crippen LogP contribution >= 0.6 is 0 Å². The Hall–Kier alpha value is -2.37. The number of ether oxygens (including phenoxy) is 2. The third-order valence-electron chi connectivity index (χ3n) is 7.66. The van der Waals surface area contributed by atoms with E-state index in [1.54, 1.807) is 6.07 Å². The van der Waals surface area contributed by atoms with E-state index < -0.39 is 5.97 Å². The van der Waals surface area contributed by atoms with Crippen LogP contribution in [0.2, 0.25) is 0 Å². The zero-order valence-electron chi connectivity index (χ0n) is 23.8. The summed E-state index contributed by atoms with van der Waals surface area (Å²) in [7, 11) is 1.43. The number of carboxylic acid groups (broad SMARTS) is 1. The SMILES string of the molecule is CCc1nc([Se]c2cc3c(cc2OCCCCCCCC(=O)OC)C(C)(C)CCC3(C)C)ccc1C(=O)O. The Morgan fingerprint density at radius 1 is 0.974 bits per heavy atom. The molecule has 1 heterocycles. The Morgan fingerprint density at radius 2 is 1.61 bits per heavy atom. The van der Waals surface area contributed by atoms with Crippen molar-refractivity contribution >= 4 is 35.9 Å². The normalized spacial score (nSPS) is 15.5. The van der Waals surface area contributed by atoms with E-state index >= 15 is 0 Å². The van der Waals surface area contributed by atoms with E-state index in [2.05, 4.69) is 39.8 Å². The molecule has 0 atom stereocenters. The zero-order valence-corrected chi connectivity index (χ0v) is 25.5. The minimum absolute atomic E-state index is 0.0882. The molecule has 38 heavy (non-hydrogen) atoms. The molecule has 0 saturated carbocycles. The summed E-state index contributed by atoms with van der Waals surface area (Å²) < 4.78 is 13.2. The summed E-state index contributed by atoms with van der Waals surface area (Å²) in [5.41, 5.74) is 3.85. The number of fused-ring (bicyclic) bond motifs is 1. The summed E-state index contributed by atoms with van der Waals surface area (Å²) in [6.45, 7) is 11.9. The molecule has 0 amide bonds.